The molecule has 0 aromatic carbocycles. The van der Waals surface area contributed by atoms with Crippen LogP contribution in [0.3, 0.4) is 0 Å². The van der Waals surface area contributed by atoms with Gasteiger partial charge in [0.05, 0.1) is 25.5 Å². The molecule has 0 N–H and O–H groups in total. The third-order valence-corrected chi connectivity index (χ3v) is 1.76. The van der Waals surface area contributed by atoms with Crippen molar-refractivity contribution in [3.63, 3.8) is 0 Å². The lowest BCUT2D eigenvalue weighted by Crippen LogP contribution is -2.18. The lowest BCUT2D eigenvalue weighted by Gasteiger charge is -2.06. The normalized spacial score (nSPS) is 9.69. The van der Waals surface area contributed by atoms with Gasteiger partial charge in [0.25, 0.3) is 5.78 Å². The highest BCUT2D eigenvalue weighted by Gasteiger charge is 2.22. The number of halogens is 1. The number of rotatable bonds is 4. The number of ether oxygens (including phenoxy) is 2. The molecule has 0 spiro atoms. The molecule has 0 atom stereocenters. The summed E-state index contributed by atoms with van der Waals surface area (Å²) in [6.45, 7) is 1.63. The molecule has 0 radical (unpaired) electrons. The maximum Gasteiger partial charge on any atom is 0.379 e. The number of aromatic nitrogens is 1. The van der Waals surface area contributed by atoms with E-state index >= 15 is 0 Å². The Labute approximate surface area is 91.2 Å². The summed E-state index contributed by atoms with van der Waals surface area (Å²) in [4.78, 5) is 26.0. The fraction of sp³-hybridized carbons (Fsp3) is 0.300. The summed E-state index contributed by atoms with van der Waals surface area (Å²) < 4.78 is 22.1. The Bertz CT molecular complexity index is 419. The third kappa shape index (κ3) is 2.53. The van der Waals surface area contributed by atoms with E-state index in [4.69, 9.17) is 4.74 Å². The number of carbonyl (C=O) groups is 2. The van der Waals surface area contributed by atoms with Gasteiger partial charge in [-0.1, -0.05) is 0 Å². The smallest absolute Gasteiger partial charge is 0.379 e. The molecular weight excluding hydrogens is 217 g/mol. The van der Waals surface area contributed by atoms with Crippen LogP contribution in [0.15, 0.2) is 12.3 Å². The highest BCUT2D eigenvalue weighted by Crippen LogP contribution is 2.18. The molecule has 5 nitrogen and oxygen atoms in total. The molecular formula is C10H10FNO4. The zero-order valence-corrected chi connectivity index (χ0v) is 8.82. The topological polar surface area (TPSA) is 65.5 Å². The minimum absolute atomic E-state index is 0.0273. The Morgan fingerprint density at radius 1 is 1.50 bits per heavy atom. The Kier molecular flexibility index (Phi) is 3.93. The predicted molar refractivity (Wildman–Crippen MR) is 51.7 cm³/mol. The van der Waals surface area contributed by atoms with E-state index in [0.717, 1.165) is 12.3 Å². The molecule has 0 amide bonds. The number of esters is 1. The van der Waals surface area contributed by atoms with E-state index in [-0.39, 0.29) is 17.9 Å². The van der Waals surface area contributed by atoms with Crippen molar-refractivity contribution in [2.24, 2.45) is 0 Å². The maximum absolute atomic E-state index is 12.8. The summed E-state index contributed by atoms with van der Waals surface area (Å²) in [5.41, 5.74) is -0.201. The van der Waals surface area contributed by atoms with Crippen LogP contribution in [0, 0.1) is 5.95 Å². The molecule has 0 aliphatic rings. The van der Waals surface area contributed by atoms with Crippen LogP contribution in [-0.4, -0.2) is 30.5 Å². The predicted octanol–water partition coefficient (Wildman–Crippen LogP) is 0.975. The van der Waals surface area contributed by atoms with Crippen molar-refractivity contribution >= 4 is 11.8 Å². The molecule has 0 saturated heterocycles. The van der Waals surface area contributed by atoms with Crippen molar-refractivity contribution in [2.75, 3.05) is 13.7 Å². The average molecular weight is 227 g/mol. The lowest BCUT2D eigenvalue weighted by molar-refractivity contribution is -0.137. The third-order valence-electron chi connectivity index (χ3n) is 1.76. The zero-order valence-electron chi connectivity index (χ0n) is 8.82. The second kappa shape index (κ2) is 5.20. The molecule has 1 aromatic heterocycles. The van der Waals surface area contributed by atoms with Crippen LogP contribution in [0.1, 0.15) is 17.3 Å². The molecule has 0 aliphatic heterocycles. The first kappa shape index (κ1) is 12.1. The average Bonchev–Trinajstić information content (AvgIpc) is 2.28. The van der Waals surface area contributed by atoms with Gasteiger partial charge in [0.1, 0.15) is 5.75 Å². The minimum Gasteiger partial charge on any atom is -0.494 e. The van der Waals surface area contributed by atoms with Gasteiger partial charge in [0, 0.05) is 6.07 Å². The fourth-order valence-corrected chi connectivity index (χ4v) is 1.06. The molecule has 86 valence electrons. The van der Waals surface area contributed by atoms with Crippen molar-refractivity contribution < 1.29 is 23.5 Å². The molecule has 6 heteroatoms. The van der Waals surface area contributed by atoms with Crippen molar-refractivity contribution in [1.29, 1.82) is 0 Å². The number of ketones is 1. The molecule has 0 saturated carbocycles. The molecule has 1 heterocycles. The van der Waals surface area contributed by atoms with Gasteiger partial charge in [-0.3, -0.25) is 4.79 Å². The van der Waals surface area contributed by atoms with Crippen molar-refractivity contribution in [3.8, 4) is 5.75 Å². The number of carbonyl (C=O) groups excluding carboxylic acids is 2. The number of pyridine rings is 1. The van der Waals surface area contributed by atoms with Gasteiger partial charge in [-0.2, -0.15) is 4.39 Å². The van der Waals surface area contributed by atoms with E-state index in [1.807, 2.05) is 0 Å². The van der Waals surface area contributed by atoms with Crippen molar-refractivity contribution in [3.05, 3.63) is 23.8 Å². The summed E-state index contributed by atoms with van der Waals surface area (Å²) in [6, 6.07) is 0.831. The Hall–Kier alpha value is -1.98. The SMILES string of the molecule is CCOC(=O)C(=O)c1cc(F)ncc1OC. The molecule has 1 rings (SSSR count). The van der Waals surface area contributed by atoms with E-state index in [2.05, 4.69) is 9.72 Å². The number of hydrogen-bond donors (Lipinski definition) is 0. The maximum atomic E-state index is 12.8. The van der Waals surface area contributed by atoms with Gasteiger partial charge in [-0.25, -0.2) is 9.78 Å². The highest BCUT2D eigenvalue weighted by atomic mass is 19.1. The molecule has 0 bridgehead atoms. The van der Waals surface area contributed by atoms with E-state index in [1.54, 1.807) is 6.92 Å². The monoisotopic (exact) mass is 227 g/mol. The van der Waals surface area contributed by atoms with Crippen LogP contribution in [-0.2, 0) is 9.53 Å². The summed E-state index contributed by atoms with van der Waals surface area (Å²) in [5, 5.41) is 0. The van der Waals surface area contributed by atoms with E-state index in [9.17, 15) is 14.0 Å². The van der Waals surface area contributed by atoms with E-state index in [1.165, 1.54) is 7.11 Å². The van der Waals surface area contributed by atoms with Gasteiger partial charge >= 0.3 is 5.97 Å². The first-order valence-corrected chi connectivity index (χ1v) is 4.51. The van der Waals surface area contributed by atoms with E-state index in [0.29, 0.717) is 0 Å². The quantitative estimate of drug-likeness (QED) is 0.332. The second-order valence-electron chi connectivity index (χ2n) is 2.76. The largest absolute Gasteiger partial charge is 0.494 e. The summed E-state index contributed by atoms with van der Waals surface area (Å²) in [5.74, 6) is -2.85. The van der Waals surface area contributed by atoms with Crippen molar-refractivity contribution in [2.45, 2.75) is 6.92 Å². The van der Waals surface area contributed by atoms with Crippen LogP contribution >= 0.6 is 0 Å². The summed E-state index contributed by atoms with van der Waals surface area (Å²) in [7, 11) is 1.29. The van der Waals surface area contributed by atoms with Crippen LogP contribution in [0.2, 0.25) is 0 Å². The molecule has 0 aliphatic carbocycles. The van der Waals surface area contributed by atoms with Crippen LogP contribution in [0.5, 0.6) is 5.75 Å². The summed E-state index contributed by atoms with van der Waals surface area (Å²) >= 11 is 0. The number of Topliss-reactive ketones (excluding diaryl/α,β-unsaturated/α-hetero) is 1. The number of methoxy groups -OCH3 is 1. The fourth-order valence-electron chi connectivity index (χ4n) is 1.06. The Morgan fingerprint density at radius 2 is 2.19 bits per heavy atom. The van der Waals surface area contributed by atoms with Crippen LogP contribution in [0.4, 0.5) is 4.39 Å². The molecule has 0 unspecified atom stereocenters. The molecule has 1 aromatic rings. The molecule has 16 heavy (non-hydrogen) atoms. The van der Waals surface area contributed by atoms with Crippen LogP contribution in [0.25, 0.3) is 0 Å². The van der Waals surface area contributed by atoms with Crippen molar-refractivity contribution in [1.82, 2.24) is 4.98 Å². The molecule has 0 fully saturated rings. The van der Waals surface area contributed by atoms with Gasteiger partial charge < -0.3 is 9.47 Å². The Morgan fingerprint density at radius 3 is 2.75 bits per heavy atom. The first-order valence-electron chi connectivity index (χ1n) is 4.51. The lowest BCUT2D eigenvalue weighted by atomic mass is 10.1. The van der Waals surface area contributed by atoms with Gasteiger partial charge in [0.15, 0.2) is 0 Å². The number of hydrogen-bond acceptors (Lipinski definition) is 5. The van der Waals surface area contributed by atoms with Gasteiger partial charge in [-0.05, 0) is 6.92 Å². The highest BCUT2D eigenvalue weighted by molar-refractivity contribution is 6.41. The van der Waals surface area contributed by atoms with Gasteiger partial charge in [-0.15, -0.1) is 0 Å². The first-order chi connectivity index (χ1) is 7.60. The zero-order chi connectivity index (χ0) is 12.1. The summed E-state index contributed by atoms with van der Waals surface area (Å²) in [6.07, 6.45) is 1.03. The van der Waals surface area contributed by atoms with E-state index < -0.39 is 17.7 Å². The standard InChI is InChI=1S/C10H10FNO4/c1-3-16-10(14)9(13)6-4-8(11)12-5-7(6)15-2/h4-5H,3H2,1-2H3. The minimum atomic E-state index is -1.05. The number of nitrogens with zero attached hydrogens (tertiary/aromatic N) is 1. The van der Waals surface area contributed by atoms with Crippen LogP contribution < -0.4 is 4.74 Å². The van der Waals surface area contributed by atoms with Gasteiger partial charge in [0.2, 0.25) is 5.95 Å². The second-order valence-corrected chi connectivity index (χ2v) is 2.76. The Balaban J connectivity index is 3.06.